The first-order valence-corrected chi connectivity index (χ1v) is 6.24. The van der Waals surface area contributed by atoms with E-state index in [0.717, 1.165) is 12.1 Å². The summed E-state index contributed by atoms with van der Waals surface area (Å²) in [5.74, 6) is 0.570. The second-order valence-electron chi connectivity index (χ2n) is 4.63. The molecule has 0 bridgehead atoms. The highest BCUT2D eigenvalue weighted by Crippen LogP contribution is 2.21. The van der Waals surface area contributed by atoms with Crippen molar-refractivity contribution in [3.8, 4) is 5.75 Å². The molecule has 102 valence electrons. The number of carbonyl (C=O) groups excluding carboxylic acids is 1. The molecular formula is C16H21NO2. The first kappa shape index (κ1) is 15.2. The molecule has 0 amide bonds. The summed E-state index contributed by atoms with van der Waals surface area (Å²) in [5.41, 5.74) is 1.65. The molecular weight excluding hydrogens is 238 g/mol. The molecule has 0 N–H and O–H groups in total. The number of hydrogen-bond donors (Lipinski definition) is 0. The molecule has 19 heavy (non-hydrogen) atoms. The van der Waals surface area contributed by atoms with Crippen LogP contribution >= 0.6 is 0 Å². The van der Waals surface area contributed by atoms with Crippen LogP contribution in [0.3, 0.4) is 0 Å². The van der Waals surface area contributed by atoms with Gasteiger partial charge in [-0.05, 0) is 44.8 Å². The van der Waals surface area contributed by atoms with Crippen LogP contribution in [0.4, 0.5) is 0 Å². The van der Waals surface area contributed by atoms with Crippen LogP contribution < -0.4 is 4.74 Å². The van der Waals surface area contributed by atoms with Crippen LogP contribution in [0.1, 0.15) is 15.9 Å². The van der Waals surface area contributed by atoms with Crippen LogP contribution in [0.5, 0.6) is 5.75 Å². The SMILES string of the molecule is C=CCOc1cc(C)ccc1C(=O)/C=C/CN(C)C. The summed E-state index contributed by atoms with van der Waals surface area (Å²) in [6.45, 7) is 6.71. The minimum absolute atomic E-state index is 0.0408. The molecule has 0 unspecified atom stereocenters. The first-order chi connectivity index (χ1) is 9.04. The molecule has 0 aromatic heterocycles. The van der Waals surface area contributed by atoms with Gasteiger partial charge in [-0.1, -0.05) is 24.8 Å². The number of nitrogens with zero attached hydrogens (tertiary/aromatic N) is 1. The van der Waals surface area contributed by atoms with Gasteiger partial charge in [-0.3, -0.25) is 4.79 Å². The van der Waals surface area contributed by atoms with E-state index in [1.807, 2.05) is 44.1 Å². The number of hydrogen-bond acceptors (Lipinski definition) is 3. The molecule has 0 radical (unpaired) electrons. The standard InChI is InChI=1S/C16H21NO2/c1-5-11-19-16-12-13(2)8-9-14(16)15(18)7-6-10-17(3)4/h5-9,12H,1,10-11H2,2-4H3/b7-6+. The molecule has 0 aliphatic heterocycles. The third-order valence-corrected chi connectivity index (χ3v) is 2.50. The van der Waals surface area contributed by atoms with E-state index in [9.17, 15) is 4.79 Å². The Morgan fingerprint density at radius 2 is 2.16 bits per heavy atom. The lowest BCUT2D eigenvalue weighted by Gasteiger charge is -2.09. The van der Waals surface area contributed by atoms with Crippen molar-refractivity contribution >= 4 is 5.78 Å². The quantitative estimate of drug-likeness (QED) is 0.428. The van der Waals surface area contributed by atoms with Gasteiger partial charge in [0.1, 0.15) is 12.4 Å². The van der Waals surface area contributed by atoms with E-state index in [2.05, 4.69) is 6.58 Å². The van der Waals surface area contributed by atoms with Gasteiger partial charge in [0.25, 0.3) is 0 Å². The number of ketones is 1. The third-order valence-electron chi connectivity index (χ3n) is 2.50. The molecule has 1 aromatic rings. The monoisotopic (exact) mass is 259 g/mol. The second kappa shape index (κ2) is 7.54. The number of ether oxygens (including phenoxy) is 1. The van der Waals surface area contributed by atoms with Crippen molar-refractivity contribution in [1.29, 1.82) is 0 Å². The summed E-state index contributed by atoms with van der Waals surface area (Å²) in [6.07, 6.45) is 5.10. The summed E-state index contributed by atoms with van der Waals surface area (Å²) < 4.78 is 5.53. The lowest BCUT2D eigenvalue weighted by molar-refractivity contribution is 0.104. The zero-order valence-electron chi connectivity index (χ0n) is 11.8. The van der Waals surface area contributed by atoms with Crippen LogP contribution in [0.25, 0.3) is 0 Å². The highest BCUT2D eigenvalue weighted by Gasteiger charge is 2.09. The van der Waals surface area contributed by atoms with E-state index >= 15 is 0 Å². The van der Waals surface area contributed by atoms with Crippen LogP contribution in [-0.4, -0.2) is 37.9 Å². The van der Waals surface area contributed by atoms with E-state index in [1.165, 1.54) is 0 Å². The van der Waals surface area contributed by atoms with Crippen molar-refractivity contribution in [3.63, 3.8) is 0 Å². The fourth-order valence-corrected chi connectivity index (χ4v) is 1.56. The molecule has 0 aliphatic carbocycles. The Bertz CT molecular complexity index is 476. The Morgan fingerprint density at radius 1 is 1.42 bits per heavy atom. The largest absolute Gasteiger partial charge is 0.489 e. The summed E-state index contributed by atoms with van der Waals surface area (Å²) >= 11 is 0. The number of rotatable bonds is 7. The summed E-state index contributed by atoms with van der Waals surface area (Å²) in [4.78, 5) is 14.1. The second-order valence-corrected chi connectivity index (χ2v) is 4.63. The molecule has 1 aromatic carbocycles. The van der Waals surface area contributed by atoms with Crippen LogP contribution in [0.2, 0.25) is 0 Å². The van der Waals surface area contributed by atoms with Gasteiger partial charge in [0, 0.05) is 6.54 Å². The number of benzene rings is 1. The third kappa shape index (κ3) is 5.10. The van der Waals surface area contributed by atoms with Gasteiger partial charge in [0.2, 0.25) is 0 Å². The van der Waals surface area contributed by atoms with Crippen molar-refractivity contribution in [2.24, 2.45) is 0 Å². The molecule has 0 spiro atoms. The van der Waals surface area contributed by atoms with Crippen LogP contribution in [-0.2, 0) is 0 Å². The van der Waals surface area contributed by atoms with E-state index in [-0.39, 0.29) is 5.78 Å². The number of carbonyl (C=O) groups is 1. The van der Waals surface area contributed by atoms with Gasteiger partial charge in [-0.25, -0.2) is 0 Å². The van der Waals surface area contributed by atoms with Crippen LogP contribution in [0, 0.1) is 6.92 Å². The Kier molecular flexibility index (Phi) is 6.03. The average Bonchev–Trinajstić information content (AvgIpc) is 2.35. The van der Waals surface area contributed by atoms with Gasteiger partial charge in [-0.2, -0.15) is 0 Å². The fraction of sp³-hybridized carbons (Fsp3) is 0.312. The molecule has 0 fully saturated rings. The highest BCUT2D eigenvalue weighted by atomic mass is 16.5. The van der Waals surface area contributed by atoms with E-state index in [0.29, 0.717) is 17.9 Å². The molecule has 0 aliphatic rings. The molecule has 0 saturated heterocycles. The maximum absolute atomic E-state index is 12.1. The summed E-state index contributed by atoms with van der Waals surface area (Å²) in [5, 5.41) is 0. The maximum atomic E-state index is 12.1. The van der Waals surface area contributed by atoms with Crippen molar-refractivity contribution in [1.82, 2.24) is 4.90 Å². The fourth-order valence-electron chi connectivity index (χ4n) is 1.56. The van der Waals surface area contributed by atoms with E-state index in [4.69, 9.17) is 4.74 Å². The zero-order chi connectivity index (χ0) is 14.3. The van der Waals surface area contributed by atoms with Crippen molar-refractivity contribution < 1.29 is 9.53 Å². The number of likely N-dealkylation sites (N-methyl/N-ethyl adjacent to an activating group) is 1. The molecule has 0 saturated carbocycles. The molecule has 3 nitrogen and oxygen atoms in total. The minimum Gasteiger partial charge on any atom is -0.489 e. The Morgan fingerprint density at radius 3 is 2.79 bits per heavy atom. The van der Waals surface area contributed by atoms with Gasteiger partial charge in [0.05, 0.1) is 5.56 Å². The molecule has 3 heteroatoms. The predicted molar refractivity (Wildman–Crippen MR) is 78.9 cm³/mol. The van der Waals surface area contributed by atoms with Gasteiger partial charge >= 0.3 is 0 Å². The smallest absolute Gasteiger partial charge is 0.189 e. The Balaban J connectivity index is 2.88. The van der Waals surface area contributed by atoms with Crippen molar-refractivity contribution in [2.45, 2.75) is 6.92 Å². The minimum atomic E-state index is -0.0408. The van der Waals surface area contributed by atoms with E-state index in [1.54, 1.807) is 18.2 Å². The van der Waals surface area contributed by atoms with Crippen molar-refractivity contribution in [3.05, 3.63) is 54.1 Å². The maximum Gasteiger partial charge on any atom is 0.189 e. The van der Waals surface area contributed by atoms with E-state index < -0.39 is 0 Å². The molecule has 1 rings (SSSR count). The normalized spacial score (nSPS) is 10.9. The predicted octanol–water partition coefficient (Wildman–Crippen LogP) is 2.86. The van der Waals surface area contributed by atoms with Crippen molar-refractivity contribution in [2.75, 3.05) is 27.2 Å². The number of allylic oxidation sites excluding steroid dienone is 1. The zero-order valence-corrected chi connectivity index (χ0v) is 11.8. The summed E-state index contributed by atoms with van der Waals surface area (Å²) in [6, 6.07) is 5.58. The lowest BCUT2D eigenvalue weighted by atomic mass is 10.1. The topological polar surface area (TPSA) is 29.5 Å². The van der Waals surface area contributed by atoms with Crippen LogP contribution in [0.15, 0.2) is 43.0 Å². The summed E-state index contributed by atoms with van der Waals surface area (Å²) in [7, 11) is 3.92. The number of aryl methyl sites for hydroxylation is 1. The van der Waals surface area contributed by atoms with Gasteiger partial charge in [0.15, 0.2) is 5.78 Å². The molecule has 0 heterocycles. The average molecular weight is 259 g/mol. The highest BCUT2D eigenvalue weighted by molar-refractivity contribution is 6.06. The first-order valence-electron chi connectivity index (χ1n) is 6.24. The Hall–Kier alpha value is -1.87. The van der Waals surface area contributed by atoms with Gasteiger partial charge < -0.3 is 9.64 Å². The lowest BCUT2D eigenvalue weighted by Crippen LogP contribution is -2.11. The Labute approximate surface area is 115 Å². The molecule has 0 atom stereocenters. The van der Waals surface area contributed by atoms with Gasteiger partial charge in [-0.15, -0.1) is 0 Å².